The summed E-state index contributed by atoms with van der Waals surface area (Å²) in [6, 6.07) is 11.0. The van der Waals surface area contributed by atoms with Gasteiger partial charge in [0.05, 0.1) is 12.3 Å². The summed E-state index contributed by atoms with van der Waals surface area (Å²) in [5, 5.41) is 22.4. The lowest BCUT2D eigenvalue weighted by molar-refractivity contribution is 0.0955. The zero-order chi connectivity index (χ0) is 16.8. The number of amides is 1. The number of carbonyl (C=O) groups excluding carboxylic acids is 1. The van der Waals surface area contributed by atoms with Crippen LogP contribution in [-0.2, 0) is 0 Å². The topological polar surface area (TPSA) is 91.2 Å². The predicted molar refractivity (Wildman–Crippen MR) is 87.0 cm³/mol. The van der Waals surface area contributed by atoms with Crippen molar-refractivity contribution in [3.05, 3.63) is 53.6 Å². The number of hydrogen-bond donors (Lipinski definition) is 3. The summed E-state index contributed by atoms with van der Waals surface area (Å²) in [7, 11) is 0. The van der Waals surface area contributed by atoms with E-state index in [0.717, 1.165) is 0 Å². The van der Waals surface area contributed by atoms with E-state index in [0.29, 0.717) is 16.9 Å². The second-order valence-electron chi connectivity index (χ2n) is 5.14. The first kappa shape index (κ1) is 16.4. The maximum Gasteiger partial charge on any atom is 0.271 e. The summed E-state index contributed by atoms with van der Waals surface area (Å²) < 4.78 is 5.50. The second kappa shape index (κ2) is 7.31. The number of phenolic OH excluding ortho intramolecular Hbond substituents is 2. The summed E-state index contributed by atoms with van der Waals surface area (Å²) in [5.41, 5.74) is 3.38. The largest absolute Gasteiger partial charge is 0.504 e. The standard InChI is InChI=1S/C17H18N2O4/c1-11(2)23-14-6-4-13(5-7-14)17(22)19-18-10-12-3-8-15(20)16(21)9-12/h3-11,20-21H,1-2H3,(H,19,22)/b18-10+. The van der Waals surface area contributed by atoms with Gasteiger partial charge in [-0.25, -0.2) is 5.43 Å². The van der Waals surface area contributed by atoms with E-state index in [-0.39, 0.29) is 23.5 Å². The van der Waals surface area contributed by atoms with Gasteiger partial charge < -0.3 is 14.9 Å². The minimum atomic E-state index is -0.361. The highest BCUT2D eigenvalue weighted by Crippen LogP contribution is 2.23. The molecule has 0 bridgehead atoms. The van der Waals surface area contributed by atoms with Crippen molar-refractivity contribution in [1.29, 1.82) is 0 Å². The first-order chi connectivity index (χ1) is 11.0. The van der Waals surface area contributed by atoms with Crippen LogP contribution in [0.1, 0.15) is 29.8 Å². The molecule has 2 aromatic rings. The molecule has 0 atom stereocenters. The van der Waals surface area contributed by atoms with Gasteiger partial charge in [-0.05, 0) is 61.9 Å². The molecule has 0 heterocycles. The van der Waals surface area contributed by atoms with Crippen LogP contribution >= 0.6 is 0 Å². The van der Waals surface area contributed by atoms with Crippen molar-refractivity contribution >= 4 is 12.1 Å². The van der Waals surface area contributed by atoms with Gasteiger partial charge >= 0.3 is 0 Å². The molecular formula is C17H18N2O4. The minimum absolute atomic E-state index is 0.0704. The van der Waals surface area contributed by atoms with E-state index < -0.39 is 0 Å². The van der Waals surface area contributed by atoms with E-state index in [1.165, 1.54) is 18.3 Å². The molecule has 0 saturated heterocycles. The Hall–Kier alpha value is -3.02. The SMILES string of the molecule is CC(C)Oc1ccc(C(=O)N/N=C/c2ccc(O)c(O)c2)cc1. The van der Waals surface area contributed by atoms with E-state index in [9.17, 15) is 15.0 Å². The number of nitrogens with one attached hydrogen (secondary N) is 1. The third-order valence-corrected chi connectivity index (χ3v) is 2.87. The van der Waals surface area contributed by atoms with E-state index in [4.69, 9.17) is 4.74 Å². The summed E-state index contributed by atoms with van der Waals surface area (Å²) in [4.78, 5) is 11.9. The van der Waals surface area contributed by atoms with Gasteiger partial charge in [0.15, 0.2) is 11.5 Å². The summed E-state index contributed by atoms with van der Waals surface area (Å²) >= 11 is 0. The number of nitrogens with zero attached hydrogens (tertiary/aromatic N) is 1. The number of benzene rings is 2. The van der Waals surface area contributed by atoms with Crippen molar-refractivity contribution in [3.8, 4) is 17.2 Å². The maximum atomic E-state index is 11.9. The van der Waals surface area contributed by atoms with Crippen molar-refractivity contribution in [2.24, 2.45) is 5.10 Å². The van der Waals surface area contributed by atoms with Gasteiger partial charge in [-0.15, -0.1) is 0 Å². The van der Waals surface area contributed by atoms with Gasteiger partial charge in [0, 0.05) is 5.56 Å². The fourth-order valence-electron chi connectivity index (χ4n) is 1.81. The second-order valence-corrected chi connectivity index (χ2v) is 5.14. The molecule has 0 aliphatic heterocycles. The quantitative estimate of drug-likeness (QED) is 0.449. The Morgan fingerprint density at radius 2 is 1.83 bits per heavy atom. The van der Waals surface area contributed by atoms with Crippen LogP contribution in [0.2, 0.25) is 0 Å². The Kier molecular flexibility index (Phi) is 5.19. The van der Waals surface area contributed by atoms with Crippen molar-refractivity contribution in [2.75, 3.05) is 0 Å². The molecule has 6 heteroatoms. The fraction of sp³-hybridized carbons (Fsp3) is 0.176. The first-order valence-electron chi connectivity index (χ1n) is 7.08. The molecular weight excluding hydrogens is 296 g/mol. The van der Waals surface area contributed by atoms with E-state index in [1.54, 1.807) is 30.3 Å². The molecule has 0 saturated carbocycles. The number of hydrogen-bond acceptors (Lipinski definition) is 5. The van der Waals surface area contributed by atoms with Gasteiger partial charge in [0.25, 0.3) is 5.91 Å². The van der Waals surface area contributed by atoms with Crippen LogP contribution in [0.25, 0.3) is 0 Å². The van der Waals surface area contributed by atoms with Gasteiger partial charge in [-0.3, -0.25) is 4.79 Å². The highest BCUT2D eigenvalue weighted by Gasteiger charge is 2.05. The number of hydrazone groups is 1. The van der Waals surface area contributed by atoms with E-state index in [1.807, 2.05) is 13.8 Å². The number of aromatic hydroxyl groups is 2. The minimum Gasteiger partial charge on any atom is -0.504 e. The number of phenols is 2. The van der Waals surface area contributed by atoms with Gasteiger partial charge in [0.2, 0.25) is 0 Å². The molecule has 0 fully saturated rings. The molecule has 23 heavy (non-hydrogen) atoms. The predicted octanol–water partition coefficient (Wildman–Crippen LogP) is 2.65. The van der Waals surface area contributed by atoms with Crippen LogP contribution in [0.4, 0.5) is 0 Å². The Labute approximate surface area is 134 Å². The highest BCUT2D eigenvalue weighted by molar-refractivity contribution is 5.95. The molecule has 0 unspecified atom stereocenters. The number of ether oxygens (including phenoxy) is 1. The Morgan fingerprint density at radius 3 is 2.43 bits per heavy atom. The highest BCUT2D eigenvalue weighted by atomic mass is 16.5. The van der Waals surface area contributed by atoms with Crippen LogP contribution in [0.15, 0.2) is 47.6 Å². The molecule has 0 aromatic heterocycles. The lowest BCUT2D eigenvalue weighted by atomic mass is 10.2. The van der Waals surface area contributed by atoms with Crippen molar-refractivity contribution in [1.82, 2.24) is 5.43 Å². The maximum absolute atomic E-state index is 11.9. The lowest BCUT2D eigenvalue weighted by Gasteiger charge is -2.09. The Bertz CT molecular complexity index is 709. The third kappa shape index (κ3) is 4.74. The van der Waals surface area contributed by atoms with E-state index in [2.05, 4.69) is 10.5 Å². The molecule has 0 spiro atoms. The van der Waals surface area contributed by atoms with Crippen molar-refractivity contribution in [3.63, 3.8) is 0 Å². The molecule has 6 nitrogen and oxygen atoms in total. The normalized spacial score (nSPS) is 10.9. The number of rotatable bonds is 5. The third-order valence-electron chi connectivity index (χ3n) is 2.87. The zero-order valence-corrected chi connectivity index (χ0v) is 12.9. The van der Waals surface area contributed by atoms with Gasteiger partial charge in [-0.2, -0.15) is 5.10 Å². The first-order valence-corrected chi connectivity index (χ1v) is 7.08. The van der Waals surface area contributed by atoms with Crippen LogP contribution in [0, 0.1) is 0 Å². The molecule has 0 radical (unpaired) electrons. The molecule has 0 aliphatic rings. The monoisotopic (exact) mass is 314 g/mol. The summed E-state index contributed by atoms with van der Waals surface area (Å²) in [5.74, 6) is -0.129. The summed E-state index contributed by atoms with van der Waals surface area (Å²) in [6.45, 7) is 3.85. The van der Waals surface area contributed by atoms with Crippen molar-refractivity contribution < 1.29 is 19.7 Å². The van der Waals surface area contributed by atoms with Gasteiger partial charge in [-0.1, -0.05) is 0 Å². The Balaban J connectivity index is 1.96. The van der Waals surface area contributed by atoms with Crippen LogP contribution < -0.4 is 10.2 Å². The molecule has 2 rings (SSSR count). The smallest absolute Gasteiger partial charge is 0.271 e. The average molecular weight is 314 g/mol. The molecule has 120 valence electrons. The van der Waals surface area contributed by atoms with Crippen LogP contribution in [-0.4, -0.2) is 28.4 Å². The van der Waals surface area contributed by atoms with Crippen LogP contribution in [0.5, 0.6) is 17.2 Å². The van der Waals surface area contributed by atoms with Crippen molar-refractivity contribution in [2.45, 2.75) is 20.0 Å². The summed E-state index contributed by atoms with van der Waals surface area (Å²) in [6.07, 6.45) is 1.44. The van der Waals surface area contributed by atoms with Crippen LogP contribution in [0.3, 0.4) is 0 Å². The lowest BCUT2D eigenvalue weighted by Crippen LogP contribution is -2.17. The fourth-order valence-corrected chi connectivity index (χ4v) is 1.81. The number of carbonyl (C=O) groups is 1. The van der Waals surface area contributed by atoms with Gasteiger partial charge in [0.1, 0.15) is 5.75 Å². The molecule has 2 aromatic carbocycles. The zero-order valence-electron chi connectivity index (χ0n) is 12.9. The molecule has 0 aliphatic carbocycles. The average Bonchev–Trinajstić information content (AvgIpc) is 2.51. The molecule has 1 amide bonds. The molecule has 3 N–H and O–H groups in total. The Morgan fingerprint density at radius 1 is 1.13 bits per heavy atom. The van der Waals surface area contributed by atoms with E-state index >= 15 is 0 Å².